The van der Waals surface area contributed by atoms with E-state index in [0.717, 1.165) is 31.4 Å². The first kappa shape index (κ1) is 26.2. The summed E-state index contributed by atoms with van der Waals surface area (Å²) in [6.07, 6.45) is 2.28. The molecule has 10 heteroatoms. The Morgan fingerprint density at radius 1 is 1.17 bits per heavy atom. The lowest BCUT2D eigenvalue weighted by Crippen LogP contribution is -2.62. The number of phenolic OH excluding ortho intramolecular Hbond substituents is 1. The van der Waals surface area contributed by atoms with E-state index in [2.05, 4.69) is 6.92 Å². The largest absolute Gasteiger partial charge is 0.511 e. The van der Waals surface area contributed by atoms with Crippen LogP contribution in [0.15, 0.2) is 40.9 Å². The third kappa shape index (κ3) is 3.91. The average Bonchev–Trinajstić information content (AvgIpc) is 2.82. The van der Waals surface area contributed by atoms with Gasteiger partial charge < -0.3 is 31.3 Å². The number of benzene rings is 1. The number of carbonyl (C=O) groups is 3. The van der Waals surface area contributed by atoms with Crippen molar-refractivity contribution in [1.82, 2.24) is 0 Å². The normalized spacial score (nSPS) is 29.6. The van der Waals surface area contributed by atoms with Gasteiger partial charge in [-0.3, -0.25) is 14.4 Å². The molecule has 1 amide bonds. The Morgan fingerprint density at radius 3 is 2.56 bits per heavy atom. The number of aliphatic hydroxyl groups excluding tert-OH is 3. The van der Waals surface area contributed by atoms with Crippen molar-refractivity contribution in [1.29, 1.82) is 0 Å². The van der Waals surface area contributed by atoms with E-state index in [9.17, 15) is 39.9 Å². The summed E-state index contributed by atoms with van der Waals surface area (Å²) in [6, 6.07) is 4.61. The molecule has 0 heterocycles. The number of phenols is 1. The highest BCUT2D eigenvalue weighted by molar-refractivity contribution is 7.99. The van der Waals surface area contributed by atoms with Crippen LogP contribution < -0.4 is 5.73 Å². The summed E-state index contributed by atoms with van der Waals surface area (Å²) in [6.45, 7) is 2.12. The van der Waals surface area contributed by atoms with Crippen LogP contribution in [0.2, 0.25) is 0 Å². The first-order valence-corrected chi connectivity index (χ1v) is 13.3. The summed E-state index contributed by atoms with van der Waals surface area (Å²) >= 11 is 1.62. The smallest absolute Gasteiger partial charge is 0.255 e. The minimum atomic E-state index is -2.82. The van der Waals surface area contributed by atoms with Gasteiger partial charge >= 0.3 is 0 Å². The van der Waals surface area contributed by atoms with E-state index in [-0.39, 0.29) is 16.9 Å². The minimum absolute atomic E-state index is 0.0575. The summed E-state index contributed by atoms with van der Waals surface area (Å²) in [7, 11) is 0. The lowest BCUT2D eigenvalue weighted by atomic mass is 9.56. The standard InChI is InChI=1S/C26H31NO8S/c1-2-3-4-5-9-36-11-13-12-7-6-8-15(28)17(12)22(31)20-18(13)21(30)14-10-16(29)19(25(27)34)23(32)26(14,35)24(20)33/h6-8,13-14,18,21,28-30,33,35H,2-5,9-11H2,1H3,(H2,27,34)/t13-,14+,18+,21+,26+/m0/s1. The molecular formula is C26H31NO8S. The number of amides is 1. The predicted molar refractivity (Wildman–Crippen MR) is 133 cm³/mol. The zero-order chi connectivity index (χ0) is 26.4. The number of nitrogens with two attached hydrogens (primary N) is 1. The number of unbranched alkanes of at least 4 members (excludes halogenated alkanes) is 3. The van der Waals surface area contributed by atoms with Crippen molar-refractivity contribution in [3.8, 4) is 5.75 Å². The quantitative estimate of drug-likeness (QED) is 0.223. The fourth-order valence-electron chi connectivity index (χ4n) is 5.81. The van der Waals surface area contributed by atoms with Crippen molar-refractivity contribution in [2.75, 3.05) is 11.5 Å². The zero-order valence-corrected chi connectivity index (χ0v) is 20.8. The van der Waals surface area contributed by atoms with Crippen LogP contribution in [0.1, 0.15) is 60.9 Å². The number of Topliss-reactive ketones (excluding diaryl/α,β-unsaturated/α-hetero) is 2. The maximum Gasteiger partial charge on any atom is 0.255 e. The highest BCUT2D eigenvalue weighted by Gasteiger charge is 2.64. The van der Waals surface area contributed by atoms with Crippen LogP contribution in [0.5, 0.6) is 5.75 Å². The van der Waals surface area contributed by atoms with E-state index in [1.807, 2.05) is 0 Å². The molecule has 0 saturated heterocycles. The molecule has 0 aromatic heterocycles. The summed E-state index contributed by atoms with van der Waals surface area (Å²) < 4.78 is 0. The number of primary amides is 1. The van der Waals surface area contributed by atoms with Crippen molar-refractivity contribution in [3.05, 3.63) is 52.0 Å². The third-order valence-electron chi connectivity index (χ3n) is 7.61. The van der Waals surface area contributed by atoms with Gasteiger partial charge in [-0.15, -0.1) is 0 Å². The van der Waals surface area contributed by atoms with Crippen molar-refractivity contribution in [3.63, 3.8) is 0 Å². The number of allylic oxidation sites excluding steroid dienone is 1. The molecule has 0 aliphatic heterocycles. The molecule has 1 aromatic rings. The van der Waals surface area contributed by atoms with Crippen LogP contribution in [0.25, 0.3) is 0 Å². The Kier molecular flexibility index (Phi) is 7.23. The number of fused-ring (bicyclic) bond motifs is 3. The number of carbonyl (C=O) groups excluding carboxylic acids is 3. The third-order valence-corrected chi connectivity index (χ3v) is 8.78. The molecule has 4 rings (SSSR count). The van der Waals surface area contributed by atoms with Crippen LogP contribution in [0, 0.1) is 11.8 Å². The van der Waals surface area contributed by atoms with Crippen LogP contribution in [-0.4, -0.2) is 66.2 Å². The van der Waals surface area contributed by atoms with Gasteiger partial charge in [0.15, 0.2) is 11.4 Å². The van der Waals surface area contributed by atoms with Gasteiger partial charge in [0.2, 0.25) is 5.78 Å². The number of rotatable bonds is 8. The number of aliphatic hydroxyl groups is 4. The second-order valence-corrected chi connectivity index (χ2v) is 10.8. The van der Waals surface area contributed by atoms with Gasteiger partial charge in [-0.25, -0.2) is 0 Å². The summed E-state index contributed by atoms with van der Waals surface area (Å²) in [5.74, 6) is -7.12. The topological polar surface area (TPSA) is 178 Å². The molecule has 36 heavy (non-hydrogen) atoms. The second-order valence-electron chi connectivity index (χ2n) is 9.68. The predicted octanol–water partition coefficient (Wildman–Crippen LogP) is 2.41. The van der Waals surface area contributed by atoms with Crippen molar-refractivity contribution in [2.45, 2.75) is 56.7 Å². The van der Waals surface area contributed by atoms with Crippen LogP contribution >= 0.6 is 11.8 Å². The SMILES string of the molecule is CCCCCCSC[C@H]1c2cccc(O)c2C(=O)C2=C(O)[C@]3(O)C(=O)C(C(N)=O)=C(O)C[C@@H]3[C@@H](O)[C@@H]21. The number of hydrogen-bond acceptors (Lipinski definition) is 9. The lowest BCUT2D eigenvalue weighted by Gasteiger charge is -2.50. The van der Waals surface area contributed by atoms with Crippen molar-refractivity contribution in [2.24, 2.45) is 17.6 Å². The van der Waals surface area contributed by atoms with Gasteiger partial charge in [0.05, 0.1) is 11.7 Å². The van der Waals surface area contributed by atoms with Gasteiger partial charge in [0, 0.05) is 35.5 Å². The molecule has 0 fully saturated rings. The van der Waals surface area contributed by atoms with E-state index in [1.165, 1.54) is 6.07 Å². The van der Waals surface area contributed by atoms with E-state index in [1.54, 1.807) is 23.9 Å². The molecule has 0 saturated carbocycles. The number of hydrogen-bond donors (Lipinski definition) is 6. The van der Waals surface area contributed by atoms with Gasteiger partial charge in [-0.1, -0.05) is 38.3 Å². The van der Waals surface area contributed by atoms with Crippen LogP contribution in [0.3, 0.4) is 0 Å². The molecule has 194 valence electrons. The Labute approximate surface area is 212 Å². The molecule has 7 N–H and O–H groups in total. The molecule has 5 atom stereocenters. The molecule has 3 aliphatic rings. The molecule has 0 spiro atoms. The fourth-order valence-corrected chi connectivity index (χ4v) is 7.03. The Balaban J connectivity index is 1.82. The highest BCUT2D eigenvalue weighted by atomic mass is 32.2. The summed E-state index contributed by atoms with van der Waals surface area (Å²) in [5, 5.41) is 55.0. The van der Waals surface area contributed by atoms with Crippen LogP contribution in [-0.2, 0) is 9.59 Å². The molecule has 0 unspecified atom stereocenters. The van der Waals surface area contributed by atoms with Gasteiger partial charge in [-0.2, -0.15) is 11.8 Å². The second kappa shape index (κ2) is 9.91. The first-order chi connectivity index (χ1) is 17.1. The van der Waals surface area contributed by atoms with Crippen LogP contribution in [0.4, 0.5) is 0 Å². The van der Waals surface area contributed by atoms with E-state index < -0.39 is 70.4 Å². The maximum atomic E-state index is 13.6. The van der Waals surface area contributed by atoms with E-state index in [0.29, 0.717) is 11.3 Å². The molecule has 0 bridgehead atoms. The molecular weight excluding hydrogens is 486 g/mol. The fraction of sp³-hybridized carbons (Fsp3) is 0.500. The average molecular weight is 518 g/mol. The Hall–Kier alpha value is -2.82. The summed E-state index contributed by atoms with van der Waals surface area (Å²) in [5.41, 5.74) is 1.60. The lowest BCUT2D eigenvalue weighted by molar-refractivity contribution is -0.154. The van der Waals surface area contributed by atoms with Crippen molar-refractivity contribution < 1.29 is 39.9 Å². The molecule has 0 radical (unpaired) electrons. The van der Waals surface area contributed by atoms with Gasteiger partial charge in [-0.05, 0) is 23.8 Å². The van der Waals surface area contributed by atoms with Gasteiger partial charge in [0.25, 0.3) is 5.91 Å². The molecule has 9 nitrogen and oxygen atoms in total. The Bertz CT molecular complexity index is 1170. The number of ketones is 2. The molecule has 1 aromatic carbocycles. The zero-order valence-electron chi connectivity index (χ0n) is 19.9. The maximum absolute atomic E-state index is 13.6. The number of aromatic hydroxyl groups is 1. The highest BCUT2D eigenvalue weighted by Crippen LogP contribution is 2.55. The molecule has 3 aliphatic carbocycles. The Morgan fingerprint density at radius 2 is 1.89 bits per heavy atom. The monoisotopic (exact) mass is 517 g/mol. The van der Waals surface area contributed by atoms with Crippen molar-refractivity contribution >= 4 is 29.2 Å². The van der Waals surface area contributed by atoms with Gasteiger partial charge in [0.1, 0.15) is 22.8 Å². The van der Waals surface area contributed by atoms with E-state index >= 15 is 0 Å². The minimum Gasteiger partial charge on any atom is -0.511 e. The van der Waals surface area contributed by atoms with E-state index in [4.69, 9.17) is 5.73 Å². The first-order valence-electron chi connectivity index (χ1n) is 12.1. The summed E-state index contributed by atoms with van der Waals surface area (Å²) in [4.78, 5) is 38.5. The number of thioether (sulfide) groups is 1.